The molecule has 1 N–H and O–H groups in total. The molecule has 1 heterocycles. The van der Waals surface area contributed by atoms with Gasteiger partial charge in [-0.1, -0.05) is 13.8 Å². The molecule has 0 radical (unpaired) electrons. The van der Waals surface area contributed by atoms with Crippen molar-refractivity contribution in [3.63, 3.8) is 0 Å². The molecule has 1 aromatic heterocycles. The van der Waals surface area contributed by atoms with Crippen LogP contribution >= 0.6 is 0 Å². The van der Waals surface area contributed by atoms with Crippen LogP contribution in [0.2, 0.25) is 0 Å². The molecule has 0 spiro atoms. The number of imidazole rings is 1. The third-order valence-corrected chi connectivity index (χ3v) is 3.75. The van der Waals surface area contributed by atoms with Crippen LogP contribution in [0.1, 0.15) is 32.5 Å². The number of nitrogens with one attached hydrogen (secondary N) is 1. The molecule has 16 heavy (non-hydrogen) atoms. The van der Waals surface area contributed by atoms with Gasteiger partial charge in [0.05, 0.1) is 0 Å². The standard InChI is InChI=1S/C13H23N3/c1-4-14-12(11-9-10(11)2)5-6-13-15-7-8-16(13)3/h7-8,10-12,14H,4-6,9H2,1-3H3. The molecular weight excluding hydrogens is 198 g/mol. The van der Waals surface area contributed by atoms with E-state index in [2.05, 4.69) is 35.8 Å². The number of aryl methyl sites for hydroxylation is 2. The fourth-order valence-corrected chi connectivity index (χ4v) is 2.56. The predicted octanol–water partition coefficient (Wildman–Crippen LogP) is 1.99. The molecule has 0 bridgehead atoms. The summed E-state index contributed by atoms with van der Waals surface area (Å²) in [6.07, 6.45) is 7.62. The van der Waals surface area contributed by atoms with Gasteiger partial charge in [-0.2, -0.15) is 0 Å². The zero-order valence-electron chi connectivity index (χ0n) is 10.6. The third kappa shape index (κ3) is 2.64. The second-order valence-electron chi connectivity index (χ2n) is 5.03. The van der Waals surface area contributed by atoms with Crippen molar-refractivity contribution in [2.24, 2.45) is 18.9 Å². The van der Waals surface area contributed by atoms with E-state index >= 15 is 0 Å². The van der Waals surface area contributed by atoms with Crippen molar-refractivity contribution in [1.29, 1.82) is 0 Å². The Morgan fingerprint density at radius 3 is 2.88 bits per heavy atom. The normalized spacial score (nSPS) is 25.7. The summed E-state index contributed by atoms with van der Waals surface area (Å²) < 4.78 is 2.12. The molecule has 0 aromatic carbocycles. The Bertz CT molecular complexity index is 332. The fourth-order valence-electron chi connectivity index (χ4n) is 2.56. The first-order valence-corrected chi connectivity index (χ1v) is 6.42. The maximum absolute atomic E-state index is 4.38. The van der Waals surface area contributed by atoms with Gasteiger partial charge in [0, 0.05) is 31.9 Å². The summed E-state index contributed by atoms with van der Waals surface area (Å²) >= 11 is 0. The lowest BCUT2D eigenvalue weighted by atomic mass is 10.0. The minimum absolute atomic E-state index is 0.691. The van der Waals surface area contributed by atoms with E-state index in [0.29, 0.717) is 6.04 Å². The van der Waals surface area contributed by atoms with Crippen LogP contribution in [0.25, 0.3) is 0 Å². The van der Waals surface area contributed by atoms with Gasteiger partial charge >= 0.3 is 0 Å². The molecule has 1 aliphatic carbocycles. The molecule has 1 aliphatic rings. The first-order valence-electron chi connectivity index (χ1n) is 6.42. The lowest BCUT2D eigenvalue weighted by molar-refractivity contribution is 0.425. The van der Waals surface area contributed by atoms with Crippen molar-refractivity contribution in [1.82, 2.24) is 14.9 Å². The van der Waals surface area contributed by atoms with Gasteiger partial charge in [0.2, 0.25) is 0 Å². The zero-order valence-corrected chi connectivity index (χ0v) is 10.6. The molecule has 90 valence electrons. The van der Waals surface area contributed by atoms with Crippen molar-refractivity contribution in [2.45, 2.75) is 39.2 Å². The maximum atomic E-state index is 4.38. The van der Waals surface area contributed by atoms with Crippen molar-refractivity contribution in [3.8, 4) is 0 Å². The Hall–Kier alpha value is -0.830. The lowest BCUT2D eigenvalue weighted by Crippen LogP contribution is -2.32. The highest BCUT2D eigenvalue weighted by Gasteiger charge is 2.38. The van der Waals surface area contributed by atoms with E-state index in [1.807, 2.05) is 12.4 Å². The summed E-state index contributed by atoms with van der Waals surface area (Å²) in [7, 11) is 2.07. The Kier molecular flexibility index (Phi) is 3.64. The molecule has 2 rings (SSSR count). The minimum Gasteiger partial charge on any atom is -0.338 e. The molecule has 0 amide bonds. The van der Waals surface area contributed by atoms with Crippen molar-refractivity contribution < 1.29 is 0 Å². The van der Waals surface area contributed by atoms with Gasteiger partial charge in [0.1, 0.15) is 5.82 Å². The van der Waals surface area contributed by atoms with Crippen LogP contribution in [0.3, 0.4) is 0 Å². The van der Waals surface area contributed by atoms with E-state index in [1.165, 1.54) is 18.7 Å². The monoisotopic (exact) mass is 221 g/mol. The average Bonchev–Trinajstić information content (AvgIpc) is 2.83. The van der Waals surface area contributed by atoms with Gasteiger partial charge < -0.3 is 9.88 Å². The van der Waals surface area contributed by atoms with Crippen LogP contribution in [0, 0.1) is 11.8 Å². The van der Waals surface area contributed by atoms with Crippen molar-refractivity contribution in [2.75, 3.05) is 6.54 Å². The Labute approximate surface area is 98.3 Å². The SMILES string of the molecule is CCNC(CCc1nccn1C)C1CC1C. The molecule has 1 fully saturated rings. The molecular formula is C13H23N3. The Balaban J connectivity index is 1.84. The van der Waals surface area contributed by atoms with Crippen LogP contribution in [0.5, 0.6) is 0 Å². The molecule has 3 heteroatoms. The van der Waals surface area contributed by atoms with Crippen LogP contribution in [0.15, 0.2) is 12.4 Å². The zero-order chi connectivity index (χ0) is 11.5. The van der Waals surface area contributed by atoms with E-state index in [0.717, 1.165) is 24.8 Å². The summed E-state index contributed by atoms with van der Waals surface area (Å²) in [5.41, 5.74) is 0. The van der Waals surface area contributed by atoms with Gasteiger partial charge in [0.15, 0.2) is 0 Å². The highest BCUT2D eigenvalue weighted by Crippen LogP contribution is 2.41. The molecule has 1 saturated carbocycles. The van der Waals surface area contributed by atoms with E-state index in [-0.39, 0.29) is 0 Å². The lowest BCUT2D eigenvalue weighted by Gasteiger charge is -2.17. The molecule has 3 atom stereocenters. The van der Waals surface area contributed by atoms with E-state index < -0.39 is 0 Å². The van der Waals surface area contributed by atoms with Crippen LogP contribution in [-0.4, -0.2) is 22.1 Å². The van der Waals surface area contributed by atoms with Crippen LogP contribution in [-0.2, 0) is 13.5 Å². The van der Waals surface area contributed by atoms with Gasteiger partial charge in [0.25, 0.3) is 0 Å². The number of rotatable bonds is 6. The quantitative estimate of drug-likeness (QED) is 0.796. The topological polar surface area (TPSA) is 29.9 Å². The summed E-state index contributed by atoms with van der Waals surface area (Å²) in [5, 5.41) is 3.62. The highest BCUT2D eigenvalue weighted by atomic mass is 15.0. The molecule has 3 unspecified atom stereocenters. The van der Waals surface area contributed by atoms with Crippen LogP contribution in [0.4, 0.5) is 0 Å². The molecule has 0 aliphatic heterocycles. The van der Waals surface area contributed by atoms with Gasteiger partial charge in [-0.3, -0.25) is 0 Å². The van der Waals surface area contributed by atoms with Crippen molar-refractivity contribution in [3.05, 3.63) is 18.2 Å². The first kappa shape index (κ1) is 11.6. The maximum Gasteiger partial charge on any atom is 0.108 e. The summed E-state index contributed by atoms with van der Waals surface area (Å²) in [4.78, 5) is 4.38. The second kappa shape index (κ2) is 5.00. The second-order valence-corrected chi connectivity index (χ2v) is 5.03. The molecule has 1 aromatic rings. The molecule has 3 nitrogen and oxygen atoms in total. The Morgan fingerprint density at radius 2 is 2.38 bits per heavy atom. The smallest absolute Gasteiger partial charge is 0.108 e. The number of nitrogens with zero attached hydrogens (tertiary/aromatic N) is 2. The predicted molar refractivity (Wildman–Crippen MR) is 66.3 cm³/mol. The number of aromatic nitrogens is 2. The first-order chi connectivity index (χ1) is 7.72. The van der Waals surface area contributed by atoms with Gasteiger partial charge in [-0.15, -0.1) is 0 Å². The number of hydrogen-bond donors (Lipinski definition) is 1. The van der Waals surface area contributed by atoms with E-state index in [1.54, 1.807) is 0 Å². The fraction of sp³-hybridized carbons (Fsp3) is 0.769. The van der Waals surface area contributed by atoms with Gasteiger partial charge in [-0.05, 0) is 31.2 Å². The average molecular weight is 221 g/mol. The number of hydrogen-bond acceptors (Lipinski definition) is 2. The third-order valence-electron chi connectivity index (χ3n) is 3.75. The van der Waals surface area contributed by atoms with Crippen LogP contribution < -0.4 is 5.32 Å². The largest absolute Gasteiger partial charge is 0.338 e. The Morgan fingerprint density at radius 1 is 1.62 bits per heavy atom. The summed E-state index contributed by atoms with van der Waals surface area (Å²) in [6.45, 7) is 5.63. The van der Waals surface area contributed by atoms with Crippen molar-refractivity contribution >= 4 is 0 Å². The minimum atomic E-state index is 0.691. The van der Waals surface area contributed by atoms with Gasteiger partial charge in [-0.25, -0.2) is 4.98 Å². The summed E-state index contributed by atoms with van der Waals surface area (Å²) in [6, 6.07) is 0.691. The molecule has 0 saturated heterocycles. The van der Waals surface area contributed by atoms with E-state index in [9.17, 15) is 0 Å². The summed E-state index contributed by atoms with van der Waals surface area (Å²) in [5.74, 6) is 3.03. The van der Waals surface area contributed by atoms with E-state index in [4.69, 9.17) is 0 Å². The highest BCUT2D eigenvalue weighted by molar-refractivity contribution is 4.96.